The Balaban J connectivity index is 1.28. The van der Waals surface area contributed by atoms with E-state index in [1.165, 1.54) is 22.7 Å². The van der Waals surface area contributed by atoms with E-state index in [2.05, 4.69) is 10.1 Å². The van der Waals surface area contributed by atoms with Gasteiger partial charge in [0, 0.05) is 11.6 Å². The van der Waals surface area contributed by atoms with Crippen LogP contribution in [0, 0.1) is 0 Å². The lowest BCUT2D eigenvalue weighted by molar-refractivity contribution is -0.137. The van der Waals surface area contributed by atoms with Crippen molar-refractivity contribution in [3.8, 4) is 22.8 Å². The number of benzene rings is 2. The van der Waals surface area contributed by atoms with Crippen molar-refractivity contribution >= 4 is 22.4 Å². The number of hydrogen-bond acceptors (Lipinski definition) is 7. The van der Waals surface area contributed by atoms with Crippen molar-refractivity contribution in [2.75, 3.05) is 6.61 Å². The largest absolute Gasteiger partial charge is 0.485 e. The molecule has 0 unspecified atom stereocenters. The van der Waals surface area contributed by atoms with Crippen LogP contribution in [0.2, 0.25) is 0 Å². The van der Waals surface area contributed by atoms with Crippen LogP contribution in [-0.2, 0) is 6.18 Å². The van der Waals surface area contributed by atoms with E-state index >= 15 is 0 Å². The third kappa shape index (κ3) is 3.93. The van der Waals surface area contributed by atoms with Crippen molar-refractivity contribution in [3.63, 3.8) is 0 Å². The molecule has 0 aliphatic carbocycles. The Hall–Kier alpha value is -4.12. The van der Waals surface area contributed by atoms with Gasteiger partial charge >= 0.3 is 6.18 Å². The van der Waals surface area contributed by atoms with Crippen molar-refractivity contribution in [2.45, 2.75) is 12.3 Å². The molecule has 7 nitrogen and oxygen atoms in total. The predicted octanol–water partition coefficient (Wildman–Crippen LogP) is 4.49. The fourth-order valence-corrected chi connectivity index (χ4v) is 4.59. The van der Waals surface area contributed by atoms with E-state index in [1.54, 1.807) is 24.3 Å². The molecule has 176 valence electrons. The van der Waals surface area contributed by atoms with E-state index in [4.69, 9.17) is 13.9 Å². The van der Waals surface area contributed by atoms with Gasteiger partial charge in [0.05, 0.1) is 5.56 Å². The second kappa shape index (κ2) is 7.98. The zero-order chi connectivity index (χ0) is 24.2. The highest BCUT2D eigenvalue weighted by molar-refractivity contribution is 7.15. The molecule has 11 heteroatoms. The lowest BCUT2D eigenvalue weighted by Gasteiger charge is -2.24. The van der Waals surface area contributed by atoms with Crippen LogP contribution in [0.25, 0.3) is 22.4 Å². The molecule has 1 aliphatic rings. The average Bonchev–Trinajstić information content (AvgIpc) is 3.56. The number of para-hydroxylation sites is 2. The summed E-state index contributed by atoms with van der Waals surface area (Å²) in [6.45, 7) is 0.215. The molecule has 1 atom stereocenters. The molecule has 2 aromatic carbocycles. The number of ether oxygens (including phenoxy) is 2. The fraction of sp³-hybridized carbons (Fsp3) is 0.125. The minimum Gasteiger partial charge on any atom is -0.485 e. The summed E-state index contributed by atoms with van der Waals surface area (Å²) >= 11 is 1.12. The van der Waals surface area contributed by atoms with Gasteiger partial charge < -0.3 is 13.9 Å². The van der Waals surface area contributed by atoms with Crippen LogP contribution in [0.3, 0.4) is 0 Å². The first-order valence-electron chi connectivity index (χ1n) is 10.4. The van der Waals surface area contributed by atoms with Crippen LogP contribution >= 0.6 is 11.3 Å². The Kier molecular flexibility index (Phi) is 4.88. The number of fused-ring (bicyclic) bond motifs is 2. The van der Waals surface area contributed by atoms with Crippen LogP contribution in [0.15, 0.2) is 69.9 Å². The standard InChI is InChI=1S/C24H14F3N3O4S/c25-24(26,27)14-5-3-4-13(10-14)16-9-8-15(33-16)11-20-22(31)30-23(35-20)28-21(29-30)19-12-32-17-6-1-2-7-18(17)34-19/h1-11,19H,12H2/b20-11+/t19-/m1/s1. The summed E-state index contributed by atoms with van der Waals surface area (Å²) in [5.41, 5.74) is -0.876. The lowest BCUT2D eigenvalue weighted by Crippen LogP contribution is -2.26. The number of alkyl halides is 3. The van der Waals surface area contributed by atoms with E-state index in [1.807, 2.05) is 12.1 Å². The summed E-state index contributed by atoms with van der Waals surface area (Å²) in [5, 5.41) is 4.30. The SMILES string of the molecule is O=c1/c(=C\c2ccc(-c3cccc(C(F)(F)F)c3)o2)sc2nc([C@H]3COc4ccccc4O3)nn12. The van der Waals surface area contributed by atoms with E-state index in [0.29, 0.717) is 32.6 Å². The van der Waals surface area contributed by atoms with Gasteiger partial charge in [0.1, 0.15) is 22.7 Å². The van der Waals surface area contributed by atoms with E-state index in [0.717, 1.165) is 23.5 Å². The summed E-state index contributed by atoms with van der Waals surface area (Å²) in [6.07, 6.45) is -3.49. The Bertz CT molecular complexity index is 1670. The minimum atomic E-state index is -4.45. The van der Waals surface area contributed by atoms with E-state index in [-0.39, 0.29) is 17.9 Å². The number of nitrogens with zero attached hydrogens (tertiary/aromatic N) is 3. The van der Waals surface area contributed by atoms with Crippen LogP contribution in [0.4, 0.5) is 13.2 Å². The zero-order valence-electron chi connectivity index (χ0n) is 17.7. The minimum absolute atomic E-state index is 0.215. The molecule has 0 radical (unpaired) electrons. The molecule has 1 aliphatic heterocycles. The summed E-state index contributed by atoms with van der Waals surface area (Å²) in [7, 11) is 0. The fourth-order valence-electron chi connectivity index (χ4n) is 3.70. The van der Waals surface area contributed by atoms with Gasteiger partial charge in [-0.2, -0.15) is 22.7 Å². The van der Waals surface area contributed by atoms with Crippen molar-refractivity contribution in [3.05, 3.63) is 92.7 Å². The Morgan fingerprint density at radius 2 is 1.89 bits per heavy atom. The number of halogens is 3. The molecule has 0 amide bonds. The number of aromatic nitrogens is 3. The Labute approximate surface area is 198 Å². The highest BCUT2D eigenvalue weighted by atomic mass is 32.1. The van der Waals surface area contributed by atoms with E-state index in [9.17, 15) is 18.0 Å². The molecule has 6 rings (SSSR count). The highest BCUT2D eigenvalue weighted by Gasteiger charge is 2.31. The normalized spacial score (nSPS) is 16.2. The van der Waals surface area contributed by atoms with Gasteiger partial charge in [0.25, 0.3) is 5.56 Å². The second-order valence-corrected chi connectivity index (χ2v) is 8.73. The molecular formula is C24H14F3N3O4S. The van der Waals surface area contributed by atoms with Crippen LogP contribution in [0.1, 0.15) is 23.3 Å². The first-order chi connectivity index (χ1) is 16.8. The van der Waals surface area contributed by atoms with Crippen molar-refractivity contribution < 1.29 is 27.1 Å². The molecule has 0 N–H and O–H groups in total. The molecule has 3 aromatic heterocycles. The van der Waals surface area contributed by atoms with Gasteiger partial charge in [-0.05, 0) is 36.4 Å². The van der Waals surface area contributed by atoms with Gasteiger partial charge in [0.2, 0.25) is 4.96 Å². The van der Waals surface area contributed by atoms with Crippen LogP contribution < -0.4 is 19.6 Å². The molecule has 0 saturated heterocycles. The maximum absolute atomic E-state index is 13.0. The third-order valence-electron chi connectivity index (χ3n) is 5.37. The third-order valence-corrected chi connectivity index (χ3v) is 6.33. The topological polar surface area (TPSA) is 78.9 Å². The molecule has 5 aromatic rings. The monoisotopic (exact) mass is 497 g/mol. The number of hydrogen-bond donors (Lipinski definition) is 0. The predicted molar refractivity (Wildman–Crippen MR) is 120 cm³/mol. The highest BCUT2D eigenvalue weighted by Crippen LogP contribution is 2.35. The number of rotatable bonds is 3. The number of furan rings is 1. The smallest absolute Gasteiger partial charge is 0.416 e. The van der Waals surface area contributed by atoms with Gasteiger partial charge in [-0.3, -0.25) is 4.79 Å². The zero-order valence-corrected chi connectivity index (χ0v) is 18.5. The maximum atomic E-state index is 13.0. The Morgan fingerprint density at radius 1 is 1.06 bits per heavy atom. The van der Waals surface area contributed by atoms with Crippen molar-refractivity contribution in [1.29, 1.82) is 0 Å². The van der Waals surface area contributed by atoms with Gasteiger partial charge in [0.15, 0.2) is 23.4 Å². The molecule has 4 heterocycles. The molecule has 0 fully saturated rings. The Morgan fingerprint density at radius 3 is 2.69 bits per heavy atom. The molecule has 0 saturated carbocycles. The summed E-state index contributed by atoms with van der Waals surface area (Å²) in [4.78, 5) is 17.7. The summed E-state index contributed by atoms with van der Waals surface area (Å²) in [6, 6.07) is 15.2. The van der Waals surface area contributed by atoms with Crippen LogP contribution in [-0.4, -0.2) is 21.2 Å². The summed E-state index contributed by atoms with van der Waals surface area (Å²) < 4.78 is 57.8. The first-order valence-corrected chi connectivity index (χ1v) is 11.2. The summed E-state index contributed by atoms with van der Waals surface area (Å²) in [5.74, 6) is 2.12. The first kappa shape index (κ1) is 21.4. The second-order valence-electron chi connectivity index (χ2n) is 7.72. The van der Waals surface area contributed by atoms with Gasteiger partial charge in [-0.25, -0.2) is 0 Å². The quantitative estimate of drug-likeness (QED) is 0.366. The van der Waals surface area contributed by atoms with Gasteiger partial charge in [-0.15, -0.1) is 5.10 Å². The van der Waals surface area contributed by atoms with E-state index < -0.39 is 23.4 Å². The van der Waals surface area contributed by atoms with Gasteiger partial charge in [-0.1, -0.05) is 35.6 Å². The van der Waals surface area contributed by atoms with Crippen molar-refractivity contribution in [2.24, 2.45) is 0 Å². The molecule has 0 bridgehead atoms. The molecule has 0 spiro atoms. The molecule has 35 heavy (non-hydrogen) atoms. The molecular weight excluding hydrogens is 483 g/mol. The maximum Gasteiger partial charge on any atom is 0.416 e. The van der Waals surface area contributed by atoms with Crippen molar-refractivity contribution in [1.82, 2.24) is 14.6 Å². The lowest BCUT2D eigenvalue weighted by atomic mass is 10.1. The average molecular weight is 497 g/mol. The van der Waals surface area contributed by atoms with Crippen LogP contribution in [0.5, 0.6) is 11.5 Å². The number of thiazole rings is 1.